The first-order valence-corrected chi connectivity index (χ1v) is 10.9. The number of hydrogen-bond donors (Lipinski definition) is 3. The van der Waals surface area contributed by atoms with Gasteiger partial charge in [0.15, 0.2) is 0 Å². The third-order valence-electron chi connectivity index (χ3n) is 5.95. The number of anilines is 1. The van der Waals surface area contributed by atoms with Gasteiger partial charge >= 0.3 is 12.3 Å². The topological polar surface area (TPSA) is 121 Å². The number of benzene rings is 1. The number of nitrogens with zero attached hydrogens (tertiary/aromatic N) is 4. The first-order chi connectivity index (χ1) is 16.3. The lowest BCUT2D eigenvalue weighted by Crippen LogP contribution is -2.38. The van der Waals surface area contributed by atoms with Gasteiger partial charge in [-0.2, -0.15) is 18.3 Å². The van der Waals surface area contributed by atoms with E-state index in [-0.39, 0.29) is 11.7 Å². The van der Waals surface area contributed by atoms with Crippen LogP contribution in [0, 0.1) is 0 Å². The van der Waals surface area contributed by atoms with E-state index in [1.807, 2.05) is 0 Å². The summed E-state index contributed by atoms with van der Waals surface area (Å²) in [6, 6.07) is 6.26. The van der Waals surface area contributed by atoms with Crippen molar-refractivity contribution in [2.45, 2.75) is 44.5 Å². The second kappa shape index (κ2) is 8.84. The van der Waals surface area contributed by atoms with Crippen LogP contribution >= 0.6 is 0 Å². The number of pyridine rings is 1. The Bertz CT molecular complexity index is 1270. The van der Waals surface area contributed by atoms with E-state index < -0.39 is 35.2 Å². The Balaban J connectivity index is 1.65. The van der Waals surface area contributed by atoms with Crippen LogP contribution < -0.4 is 5.32 Å². The molecule has 35 heavy (non-hydrogen) atoms. The summed E-state index contributed by atoms with van der Waals surface area (Å²) in [5.41, 5.74) is -1.89. The third-order valence-corrected chi connectivity index (χ3v) is 5.95. The van der Waals surface area contributed by atoms with E-state index in [2.05, 4.69) is 15.4 Å². The highest BCUT2D eigenvalue weighted by atomic mass is 19.4. The van der Waals surface area contributed by atoms with Gasteiger partial charge in [0.2, 0.25) is 0 Å². The Kier molecular flexibility index (Phi) is 6.18. The van der Waals surface area contributed by atoms with Crippen molar-refractivity contribution in [2.24, 2.45) is 0 Å². The average molecular weight is 491 g/mol. The summed E-state index contributed by atoms with van der Waals surface area (Å²) in [6.07, 6.45) is -2.71. The van der Waals surface area contributed by atoms with Crippen molar-refractivity contribution in [2.75, 3.05) is 18.4 Å². The van der Waals surface area contributed by atoms with Crippen LogP contribution in [-0.4, -0.2) is 55.0 Å². The summed E-state index contributed by atoms with van der Waals surface area (Å²) in [4.78, 5) is 28.7. The number of halogens is 3. The summed E-state index contributed by atoms with van der Waals surface area (Å²) in [6.45, 7) is 3.81. The van der Waals surface area contributed by atoms with Gasteiger partial charge in [-0.05, 0) is 51.0 Å². The van der Waals surface area contributed by atoms with Crippen molar-refractivity contribution in [3.63, 3.8) is 0 Å². The van der Waals surface area contributed by atoms with Crippen molar-refractivity contribution < 1.29 is 33.0 Å². The van der Waals surface area contributed by atoms with Crippen molar-refractivity contribution in [3.05, 3.63) is 53.5 Å². The van der Waals surface area contributed by atoms with Crippen LogP contribution in [0.5, 0.6) is 0 Å². The standard InChI is InChI=1S/C23H24F3N5O4/c1-22(2,35)15-11-17-13(12-31(29-17)14-6-8-30(9-7-14)21(33)34)10-18(15)28-20(32)16-4-3-5-19(27-16)23(24,25)26/h3-5,10-12,14,35H,6-9H2,1-2H3,(H,28,32)(H,33,34). The number of fused-ring (bicyclic) bond motifs is 1. The molecule has 2 amide bonds. The van der Waals surface area contributed by atoms with Crippen LogP contribution in [0.25, 0.3) is 10.9 Å². The fourth-order valence-corrected chi connectivity index (χ4v) is 4.11. The summed E-state index contributed by atoms with van der Waals surface area (Å²) < 4.78 is 40.8. The van der Waals surface area contributed by atoms with Gasteiger partial charge in [-0.1, -0.05) is 6.07 Å². The Morgan fingerprint density at radius 1 is 1.14 bits per heavy atom. The molecule has 1 saturated heterocycles. The predicted molar refractivity (Wildman–Crippen MR) is 120 cm³/mol. The minimum absolute atomic E-state index is 0.0177. The molecule has 12 heteroatoms. The number of piperidine rings is 1. The SMILES string of the molecule is CC(C)(O)c1cc2nn(C3CCN(C(=O)O)CC3)cc2cc1NC(=O)c1cccc(C(F)(F)F)n1. The Morgan fingerprint density at radius 2 is 1.83 bits per heavy atom. The number of carbonyl (C=O) groups is 2. The van der Waals surface area contributed by atoms with Crippen LogP contribution in [0.3, 0.4) is 0 Å². The molecule has 0 atom stereocenters. The third kappa shape index (κ3) is 5.21. The van der Waals surface area contributed by atoms with Crippen LogP contribution in [-0.2, 0) is 11.8 Å². The van der Waals surface area contributed by atoms with Gasteiger partial charge in [0, 0.05) is 35.9 Å². The van der Waals surface area contributed by atoms with E-state index in [1.54, 1.807) is 23.0 Å². The molecule has 2 aromatic heterocycles. The molecule has 0 spiro atoms. The first-order valence-electron chi connectivity index (χ1n) is 10.9. The molecule has 0 bridgehead atoms. The maximum absolute atomic E-state index is 13.0. The molecule has 0 aliphatic carbocycles. The number of carbonyl (C=O) groups excluding carboxylic acids is 1. The minimum atomic E-state index is -4.69. The number of nitrogens with one attached hydrogen (secondary N) is 1. The predicted octanol–water partition coefficient (Wildman–Crippen LogP) is 4.24. The Morgan fingerprint density at radius 3 is 2.43 bits per heavy atom. The maximum Gasteiger partial charge on any atom is 0.433 e. The molecular weight excluding hydrogens is 467 g/mol. The van der Waals surface area contributed by atoms with Gasteiger partial charge in [-0.25, -0.2) is 9.78 Å². The number of likely N-dealkylation sites (tertiary alicyclic amines) is 1. The Hall–Kier alpha value is -3.67. The zero-order valence-electron chi connectivity index (χ0n) is 19.0. The number of aliphatic hydroxyl groups is 1. The maximum atomic E-state index is 13.0. The van der Waals surface area contributed by atoms with Gasteiger partial charge in [-0.3, -0.25) is 9.48 Å². The van der Waals surface area contributed by atoms with Crippen LogP contribution in [0.2, 0.25) is 0 Å². The molecule has 1 fully saturated rings. The normalized spacial score (nSPS) is 15.4. The van der Waals surface area contributed by atoms with E-state index in [9.17, 15) is 27.9 Å². The zero-order chi connectivity index (χ0) is 25.5. The lowest BCUT2D eigenvalue weighted by Gasteiger charge is -2.29. The first kappa shape index (κ1) is 24.5. The smallest absolute Gasteiger partial charge is 0.433 e. The fraction of sp³-hybridized carbons (Fsp3) is 0.391. The fourth-order valence-electron chi connectivity index (χ4n) is 4.11. The highest BCUT2D eigenvalue weighted by molar-refractivity contribution is 6.04. The van der Waals surface area contributed by atoms with Gasteiger partial charge in [0.1, 0.15) is 11.4 Å². The van der Waals surface area contributed by atoms with Crippen LogP contribution in [0.4, 0.5) is 23.7 Å². The highest BCUT2D eigenvalue weighted by Crippen LogP contribution is 2.34. The molecule has 1 aliphatic rings. The Labute approximate surface area is 198 Å². The second-order valence-corrected chi connectivity index (χ2v) is 8.99. The molecule has 186 valence electrons. The summed E-state index contributed by atoms with van der Waals surface area (Å²) in [5, 5.41) is 27.6. The van der Waals surface area contributed by atoms with Gasteiger partial charge < -0.3 is 20.4 Å². The van der Waals surface area contributed by atoms with E-state index in [1.165, 1.54) is 24.8 Å². The van der Waals surface area contributed by atoms with Gasteiger partial charge in [-0.15, -0.1) is 0 Å². The number of alkyl halides is 3. The van der Waals surface area contributed by atoms with E-state index in [0.717, 1.165) is 12.1 Å². The molecule has 0 unspecified atom stereocenters. The minimum Gasteiger partial charge on any atom is -0.465 e. The van der Waals surface area contributed by atoms with Crippen molar-refractivity contribution in [3.8, 4) is 0 Å². The van der Waals surface area contributed by atoms with Crippen LogP contribution in [0.1, 0.15) is 54.5 Å². The molecule has 0 radical (unpaired) electrons. The van der Waals surface area contributed by atoms with E-state index in [0.29, 0.717) is 42.4 Å². The van der Waals surface area contributed by atoms with E-state index >= 15 is 0 Å². The lowest BCUT2D eigenvalue weighted by molar-refractivity contribution is -0.141. The number of aromatic nitrogens is 3. The zero-order valence-corrected chi connectivity index (χ0v) is 19.0. The number of hydrogen-bond acceptors (Lipinski definition) is 5. The van der Waals surface area contributed by atoms with E-state index in [4.69, 9.17) is 5.11 Å². The largest absolute Gasteiger partial charge is 0.465 e. The molecule has 3 heterocycles. The van der Waals surface area contributed by atoms with Gasteiger partial charge in [0.05, 0.1) is 17.2 Å². The molecule has 3 aromatic rings. The van der Waals surface area contributed by atoms with Crippen LogP contribution in [0.15, 0.2) is 36.5 Å². The molecule has 4 rings (SSSR count). The van der Waals surface area contributed by atoms with Crippen molar-refractivity contribution in [1.29, 1.82) is 0 Å². The molecule has 0 saturated carbocycles. The quantitative estimate of drug-likeness (QED) is 0.502. The number of amides is 2. The second-order valence-electron chi connectivity index (χ2n) is 8.99. The molecular formula is C23H24F3N5O4. The van der Waals surface area contributed by atoms with Crippen molar-refractivity contribution in [1.82, 2.24) is 19.7 Å². The number of rotatable bonds is 4. The van der Waals surface area contributed by atoms with Crippen molar-refractivity contribution >= 4 is 28.6 Å². The molecule has 1 aliphatic heterocycles. The summed E-state index contributed by atoms with van der Waals surface area (Å²) in [5.74, 6) is -0.852. The lowest BCUT2D eigenvalue weighted by atomic mass is 9.95. The average Bonchev–Trinajstić information content (AvgIpc) is 3.20. The molecule has 3 N–H and O–H groups in total. The monoisotopic (exact) mass is 491 g/mol. The summed E-state index contributed by atoms with van der Waals surface area (Å²) in [7, 11) is 0. The molecule has 1 aromatic carbocycles. The molecule has 9 nitrogen and oxygen atoms in total. The number of carboxylic acid groups (broad SMARTS) is 1. The summed E-state index contributed by atoms with van der Waals surface area (Å²) >= 11 is 0. The highest BCUT2D eigenvalue weighted by Gasteiger charge is 2.33. The van der Waals surface area contributed by atoms with Gasteiger partial charge in [0.25, 0.3) is 5.91 Å².